The lowest BCUT2D eigenvalue weighted by Crippen LogP contribution is -2.30. The number of phosphoric ester groups is 2. The van der Waals surface area contributed by atoms with Crippen molar-refractivity contribution in [2.45, 2.75) is 407 Å². The van der Waals surface area contributed by atoms with Gasteiger partial charge in [-0.2, -0.15) is 0 Å². The Kier molecular flexibility index (Phi) is 65.2. The molecule has 0 radical (unpaired) electrons. The Balaban J connectivity index is 5.22. The molecular formula is C76H148O17P2. The van der Waals surface area contributed by atoms with Crippen molar-refractivity contribution >= 4 is 39.5 Å². The van der Waals surface area contributed by atoms with Gasteiger partial charge in [-0.3, -0.25) is 37.3 Å². The molecule has 0 aliphatic rings. The molecule has 6 atom stereocenters. The predicted octanol–water partition coefficient (Wildman–Crippen LogP) is 22.2. The van der Waals surface area contributed by atoms with Gasteiger partial charge in [-0.15, -0.1) is 0 Å². The molecule has 0 aliphatic heterocycles. The minimum Gasteiger partial charge on any atom is -0.462 e. The Morgan fingerprint density at radius 1 is 0.305 bits per heavy atom. The molecule has 0 rings (SSSR count). The summed E-state index contributed by atoms with van der Waals surface area (Å²) < 4.78 is 68.5. The number of hydrogen-bond acceptors (Lipinski definition) is 15. The molecule has 19 heteroatoms. The van der Waals surface area contributed by atoms with E-state index in [1.54, 1.807) is 0 Å². The first-order valence-corrected chi connectivity index (χ1v) is 42.4. The molecule has 0 aromatic rings. The van der Waals surface area contributed by atoms with Crippen molar-refractivity contribution in [2.75, 3.05) is 39.6 Å². The van der Waals surface area contributed by atoms with Gasteiger partial charge < -0.3 is 33.8 Å². The molecule has 0 bridgehead atoms. The van der Waals surface area contributed by atoms with Crippen LogP contribution in [0.4, 0.5) is 0 Å². The molecule has 0 fully saturated rings. The molecule has 3 unspecified atom stereocenters. The second-order valence-corrected chi connectivity index (χ2v) is 31.5. The fourth-order valence-electron chi connectivity index (χ4n) is 11.6. The number of phosphoric acid groups is 2. The molecule has 0 aliphatic carbocycles. The van der Waals surface area contributed by atoms with Crippen LogP contribution >= 0.6 is 15.6 Å². The van der Waals surface area contributed by atoms with E-state index >= 15 is 0 Å². The van der Waals surface area contributed by atoms with Gasteiger partial charge in [0.05, 0.1) is 26.4 Å². The summed E-state index contributed by atoms with van der Waals surface area (Å²) in [7, 11) is -9.91. The zero-order valence-corrected chi connectivity index (χ0v) is 63.9. The highest BCUT2D eigenvalue weighted by Crippen LogP contribution is 2.45. The number of ether oxygens (including phenoxy) is 4. The first-order chi connectivity index (χ1) is 45.8. The zero-order chi connectivity index (χ0) is 70.1. The van der Waals surface area contributed by atoms with E-state index in [1.807, 2.05) is 0 Å². The van der Waals surface area contributed by atoms with Gasteiger partial charge in [0.2, 0.25) is 0 Å². The molecule has 0 amide bonds. The average molecular weight is 1400 g/mol. The summed E-state index contributed by atoms with van der Waals surface area (Å²) in [6.45, 7) is 11.8. The van der Waals surface area contributed by atoms with Crippen LogP contribution in [0.1, 0.15) is 389 Å². The molecule has 0 aromatic carbocycles. The smallest absolute Gasteiger partial charge is 0.462 e. The van der Waals surface area contributed by atoms with Crippen LogP contribution in [0.2, 0.25) is 0 Å². The quantitative estimate of drug-likeness (QED) is 0.0222. The zero-order valence-electron chi connectivity index (χ0n) is 62.1. The van der Waals surface area contributed by atoms with Crippen molar-refractivity contribution in [3.8, 4) is 0 Å². The third-order valence-electron chi connectivity index (χ3n) is 18.0. The third kappa shape index (κ3) is 69.0. The van der Waals surface area contributed by atoms with E-state index < -0.39 is 97.5 Å². The number of rotatable bonds is 74. The summed E-state index contributed by atoms with van der Waals surface area (Å²) >= 11 is 0. The van der Waals surface area contributed by atoms with Crippen LogP contribution in [0.15, 0.2) is 0 Å². The topological polar surface area (TPSA) is 237 Å². The van der Waals surface area contributed by atoms with Crippen molar-refractivity contribution in [2.24, 2.45) is 17.8 Å². The van der Waals surface area contributed by atoms with E-state index in [1.165, 1.54) is 193 Å². The lowest BCUT2D eigenvalue weighted by atomic mass is 10.00. The molecule has 0 aromatic heterocycles. The number of aliphatic hydroxyl groups excluding tert-OH is 1. The van der Waals surface area contributed by atoms with Crippen molar-refractivity contribution in [1.82, 2.24) is 0 Å². The second kappa shape index (κ2) is 66.6. The van der Waals surface area contributed by atoms with Gasteiger partial charge in [-0.25, -0.2) is 9.13 Å². The Morgan fingerprint density at radius 3 is 0.800 bits per heavy atom. The summed E-state index contributed by atoms with van der Waals surface area (Å²) in [5.74, 6) is 0.0959. The van der Waals surface area contributed by atoms with Crippen molar-refractivity contribution in [1.29, 1.82) is 0 Å². The van der Waals surface area contributed by atoms with Crippen LogP contribution in [0.5, 0.6) is 0 Å². The fourth-order valence-corrected chi connectivity index (χ4v) is 13.1. The molecule has 564 valence electrons. The van der Waals surface area contributed by atoms with E-state index in [0.717, 1.165) is 108 Å². The minimum absolute atomic E-state index is 0.103. The maximum absolute atomic E-state index is 13.1. The number of esters is 4. The predicted molar refractivity (Wildman–Crippen MR) is 386 cm³/mol. The number of hydrogen-bond donors (Lipinski definition) is 3. The van der Waals surface area contributed by atoms with Gasteiger partial charge in [0.25, 0.3) is 0 Å². The summed E-state index contributed by atoms with van der Waals surface area (Å²) in [4.78, 5) is 72.8. The summed E-state index contributed by atoms with van der Waals surface area (Å²) in [6.07, 6.45) is 53.0. The van der Waals surface area contributed by atoms with Gasteiger partial charge in [0.1, 0.15) is 19.3 Å². The largest absolute Gasteiger partial charge is 0.472 e. The maximum Gasteiger partial charge on any atom is 0.472 e. The number of unbranched alkanes of at least 4 members (excludes halogenated alkanes) is 41. The monoisotopic (exact) mass is 1400 g/mol. The van der Waals surface area contributed by atoms with Crippen molar-refractivity contribution in [3.05, 3.63) is 0 Å². The first-order valence-electron chi connectivity index (χ1n) is 39.4. The van der Waals surface area contributed by atoms with E-state index in [9.17, 15) is 43.2 Å². The molecule has 0 saturated heterocycles. The van der Waals surface area contributed by atoms with Gasteiger partial charge in [-0.05, 0) is 43.4 Å². The molecule has 0 spiro atoms. The minimum atomic E-state index is -4.96. The molecule has 0 heterocycles. The molecule has 95 heavy (non-hydrogen) atoms. The lowest BCUT2D eigenvalue weighted by molar-refractivity contribution is -0.161. The SMILES string of the molecule is CCCCCCCCCCCCCCCCCCCCCC(=O)O[C@H](COC(=O)CCCCCCCCCCCCCCCC(C)C)COP(=O)(O)OC[C@@H](O)COP(=O)(O)OC[C@@H](COC(=O)CCCCCCCCC(C)CC)OC(=O)CCCCCCCCCC(C)C. The van der Waals surface area contributed by atoms with Gasteiger partial charge in [-0.1, -0.05) is 337 Å². The molecular weight excluding hydrogens is 1250 g/mol. The standard InChI is InChI=1S/C76H148O17P2/c1-8-10-11-12-13-14-15-16-17-18-19-20-21-24-28-31-36-45-52-59-75(80)92-71(63-86-73(78)57-50-43-35-30-27-25-22-23-26-29-33-40-47-54-67(3)4)65-90-94(82,83)88-61-70(77)62-89-95(84,85)91-66-72(93-76(81)60-53-46-37-32-34-41-48-55-68(5)6)64-87-74(79)58-51-44-39-38-42-49-56-69(7)9-2/h67-72,77H,8-66H2,1-7H3,(H,82,83)(H,84,85)/t69?,70-,71-,72-/m1/s1. The highest BCUT2D eigenvalue weighted by molar-refractivity contribution is 7.47. The Hall–Kier alpha value is -1.94. The van der Waals surface area contributed by atoms with Crippen LogP contribution in [-0.2, 0) is 65.4 Å². The van der Waals surface area contributed by atoms with E-state index in [2.05, 4.69) is 48.5 Å². The summed E-state index contributed by atoms with van der Waals surface area (Å²) in [5.41, 5.74) is 0. The summed E-state index contributed by atoms with van der Waals surface area (Å²) in [5, 5.41) is 10.6. The molecule has 17 nitrogen and oxygen atoms in total. The van der Waals surface area contributed by atoms with Crippen LogP contribution in [0.25, 0.3) is 0 Å². The first kappa shape index (κ1) is 93.1. The number of carbonyl (C=O) groups excluding carboxylic acids is 4. The summed E-state index contributed by atoms with van der Waals surface area (Å²) in [6, 6.07) is 0. The fraction of sp³-hybridized carbons (Fsp3) is 0.947. The third-order valence-corrected chi connectivity index (χ3v) is 19.9. The van der Waals surface area contributed by atoms with Crippen molar-refractivity contribution in [3.63, 3.8) is 0 Å². The van der Waals surface area contributed by atoms with Crippen molar-refractivity contribution < 1.29 is 80.2 Å². The second-order valence-electron chi connectivity index (χ2n) is 28.6. The Bertz CT molecular complexity index is 1850. The van der Waals surface area contributed by atoms with E-state index in [-0.39, 0.29) is 25.7 Å². The Labute approximate surface area is 581 Å². The average Bonchev–Trinajstić information content (AvgIpc) is 3.25. The Morgan fingerprint density at radius 2 is 0.537 bits per heavy atom. The number of aliphatic hydroxyl groups is 1. The highest BCUT2D eigenvalue weighted by atomic mass is 31.2. The molecule has 3 N–H and O–H groups in total. The van der Waals surface area contributed by atoms with Crippen LogP contribution in [-0.4, -0.2) is 96.7 Å². The lowest BCUT2D eigenvalue weighted by Gasteiger charge is -2.21. The van der Waals surface area contributed by atoms with Crippen LogP contribution < -0.4 is 0 Å². The highest BCUT2D eigenvalue weighted by Gasteiger charge is 2.30. The van der Waals surface area contributed by atoms with E-state index in [0.29, 0.717) is 31.6 Å². The van der Waals surface area contributed by atoms with Crippen LogP contribution in [0.3, 0.4) is 0 Å². The van der Waals surface area contributed by atoms with Gasteiger partial charge in [0.15, 0.2) is 12.2 Å². The van der Waals surface area contributed by atoms with Crippen LogP contribution in [0, 0.1) is 17.8 Å². The maximum atomic E-state index is 13.1. The molecule has 0 saturated carbocycles. The van der Waals surface area contributed by atoms with E-state index in [4.69, 9.17) is 37.0 Å². The van der Waals surface area contributed by atoms with Gasteiger partial charge in [0, 0.05) is 25.7 Å². The normalized spacial score (nSPS) is 14.4. The number of carbonyl (C=O) groups is 4. The van der Waals surface area contributed by atoms with Gasteiger partial charge >= 0.3 is 39.5 Å².